The highest BCUT2D eigenvalue weighted by molar-refractivity contribution is 9.10. The van der Waals surface area contributed by atoms with E-state index in [4.69, 9.17) is 13.3 Å². The lowest BCUT2D eigenvalue weighted by Crippen LogP contribution is -1.95. The number of hydrogen-bond acceptors (Lipinski definition) is 3. The van der Waals surface area contributed by atoms with Gasteiger partial charge in [0, 0.05) is 120 Å². The van der Waals surface area contributed by atoms with Crippen LogP contribution in [0, 0.1) is 0 Å². The highest BCUT2D eigenvalue weighted by atomic mass is 79.9. The van der Waals surface area contributed by atoms with Crippen molar-refractivity contribution in [3.05, 3.63) is 253 Å². The molecule has 19 aromatic rings. The third-order valence-electron chi connectivity index (χ3n) is 16.2. The van der Waals surface area contributed by atoms with Crippen molar-refractivity contribution in [2.24, 2.45) is 0 Å². The molecule has 0 aliphatic carbocycles. The van der Waals surface area contributed by atoms with Gasteiger partial charge in [0.05, 0.1) is 27.6 Å². The van der Waals surface area contributed by atoms with E-state index in [2.05, 4.69) is 229 Å². The number of para-hydroxylation sites is 7. The summed E-state index contributed by atoms with van der Waals surface area (Å²) in [5, 5.41) is 16.9. The number of H-pyrrole nitrogens is 2. The van der Waals surface area contributed by atoms with E-state index in [-0.39, 0.29) is 0 Å². The molecule has 80 heavy (non-hydrogen) atoms. The summed E-state index contributed by atoms with van der Waals surface area (Å²) in [5.41, 5.74) is 17.1. The van der Waals surface area contributed by atoms with Gasteiger partial charge in [-0.1, -0.05) is 155 Å². The Morgan fingerprint density at radius 2 is 0.725 bits per heavy atom. The molecule has 0 saturated carbocycles. The van der Waals surface area contributed by atoms with Crippen molar-refractivity contribution < 1.29 is 13.3 Å². The number of fused-ring (bicyclic) bond motifs is 23. The Hall–Kier alpha value is -10.3. The van der Waals surface area contributed by atoms with Crippen LogP contribution in [0.2, 0.25) is 0 Å². The zero-order valence-electron chi connectivity index (χ0n) is 42.7. The van der Waals surface area contributed by atoms with Gasteiger partial charge >= 0.3 is 0 Å². The number of aromatic nitrogens is 4. The zero-order valence-corrected chi connectivity index (χ0v) is 44.3. The molecule has 2 N–H and O–H groups in total. The van der Waals surface area contributed by atoms with Gasteiger partial charge in [0.1, 0.15) is 33.5 Å². The van der Waals surface area contributed by atoms with Crippen molar-refractivity contribution in [2.75, 3.05) is 0 Å². The van der Waals surface area contributed by atoms with Gasteiger partial charge in [-0.25, -0.2) is 0 Å². The Morgan fingerprint density at radius 3 is 1.36 bits per heavy atom. The maximum absolute atomic E-state index is 6.37. The number of benzene rings is 12. The van der Waals surface area contributed by atoms with Crippen molar-refractivity contribution in [1.82, 2.24) is 19.1 Å². The molecular weight excluding hydrogens is 1050 g/mol. The van der Waals surface area contributed by atoms with Crippen LogP contribution in [-0.2, 0) is 0 Å². The lowest BCUT2D eigenvalue weighted by Gasteiger charge is -2.10. The molecule has 7 heterocycles. The number of hydrogen-bond donors (Lipinski definition) is 2. The Labute approximate surface area is 463 Å². The maximum Gasteiger partial charge on any atom is 0.137 e. The van der Waals surface area contributed by atoms with Crippen molar-refractivity contribution in [2.45, 2.75) is 0 Å². The minimum absolute atomic E-state index is 0.887. The quantitative estimate of drug-likeness (QED) is 0.181. The number of aromatic amines is 2. The molecule has 8 heteroatoms. The van der Waals surface area contributed by atoms with Crippen LogP contribution in [0.15, 0.2) is 266 Å². The monoisotopic (exact) mass is 1090 g/mol. The van der Waals surface area contributed by atoms with Gasteiger partial charge in [0.25, 0.3) is 0 Å². The summed E-state index contributed by atoms with van der Waals surface area (Å²) in [4.78, 5) is 7.07. The first kappa shape index (κ1) is 44.8. The van der Waals surface area contributed by atoms with Crippen molar-refractivity contribution in [3.8, 4) is 11.4 Å². The summed E-state index contributed by atoms with van der Waals surface area (Å²) in [5.74, 6) is 0. The van der Waals surface area contributed by atoms with Gasteiger partial charge in [-0.15, -0.1) is 0 Å². The Kier molecular flexibility index (Phi) is 9.73. The number of halogens is 1. The fourth-order valence-electron chi connectivity index (χ4n) is 12.7. The second-order valence-electron chi connectivity index (χ2n) is 20.6. The lowest BCUT2D eigenvalue weighted by molar-refractivity contribution is 0.668. The van der Waals surface area contributed by atoms with E-state index in [1.54, 1.807) is 0 Å². The maximum atomic E-state index is 6.37. The first-order valence-electron chi connectivity index (χ1n) is 26.8. The van der Waals surface area contributed by atoms with E-state index in [0.29, 0.717) is 0 Å². The van der Waals surface area contributed by atoms with Crippen molar-refractivity contribution >= 4 is 169 Å². The minimum Gasteiger partial charge on any atom is -0.456 e. The number of nitrogens with zero attached hydrogens (tertiary/aromatic N) is 2. The SMILES string of the molecule is Brc1ccc2c(c1)oc1ccccc12.c1ccc2c(c1)[nH]c1c2ccc2[nH]c3ccccc3c21.c1ccc2c(c1)oc1cc(-n3c4ccccc4c4c3ccc3c5ccccc5n(-c5ccc6c(c5)oc5ccccc56)c34)ccc12. The second kappa shape index (κ2) is 17.4. The van der Waals surface area contributed by atoms with Crippen LogP contribution in [0.5, 0.6) is 0 Å². The first-order chi connectivity index (χ1) is 39.6. The van der Waals surface area contributed by atoms with Crippen molar-refractivity contribution in [1.29, 1.82) is 0 Å². The summed E-state index contributed by atoms with van der Waals surface area (Å²) in [7, 11) is 0. The summed E-state index contributed by atoms with van der Waals surface area (Å²) in [6.45, 7) is 0. The average molecular weight is 1090 g/mol. The fraction of sp³-hybridized carbons (Fsp3) is 0. The highest BCUT2D eigenvalue weighted by Gasteiger charge is 2.22. The predicted octanol–water partition coefficient (Wildman–Crippen LogP) is 21.0. The third-order valence-corrected chi connectivity index (χ3v) is 16.7. The Bertz CT molecular complexity index is 5720. The van der Waals surface area contributed by atoms with Crippen LogP contribution in [0.3, 0.4) is 0 Å². The van der Waals surface area contributed by atoms with Crippen LogP contribution >= 0.6 is 15.9 Å². The first-order valence-corrected chi connectivity index (χ1v) is 27.6. The van der Waals surface area contributed by atoms with Gasteiger partial charge in [-0.05, 0) is 97.1 Å². The molecule has 19 rings (SSSR count). The molecule has 0 atom stereocenters. The summed E-state index contributed by atoms with van der Waals surface area (Å²) < 4.78 is 24.2. The second-order valence-corrected chi connectivity index (χ2v) is 21.5. The largest absolute Gasteiger partial charge is 0.456 e. The summed E-state index contributed by atoms with van der Waals surface area (Å²) >= 11 is 3.43. The normalized spacial score (nSPS) is 12.1. The molecule has 0 saturated heterocycles. The van der Waals surface area contributed by atoms with Crippen LogP contribution in [-0.4, -0.2) is 19.1 Å². The molecule has 0 unspecified atom stereocenters. The average Bonchev–Trinajstić information content (AvgIpc) is 4.48. The molecule has 0 fully saturated rings. The van der Waals surface area contributed by atoms with E-state index in [0.717, 1.165) is 81.9 Å². The van der Waals surface area contributed by atoms with Crippen LogP contribution < -0.4 is 0 Å². The topological polar surface area (TPSA) is 80.9 Å². The molecule has 0 radical (unpaired) electrons. The minimum atomic E-state index is 0.887. The number of furan rings is 3. The van der Waals surface area contributed by atoms with Gasteiger partial charge in [0.15, 0.2) is 0 Å². The third kappa shape index (κ3) is 6.73. The molecule has 7 nitrogen and oxygen atoms in total. The molecule has 0 bridgehead atoms. The van der Waals surface area contributed by atoms with Crippen LogP contribution in [0.4, 0.5) is 0 Å². The smallest absolute Gasteiger partial charge is 0.137 e. The van der Waals surface area contributed by atoms with E-state index in [1.165, 1.54) is 87.0 Å². The summed E-state index contributed by atoms with van der Waals surface area (Å²) in [6.07, 6.45) is 0. The molecule has 0 aliphatic heterocycles. The van der Waals surface area contributed by atoms with Gasteiger partial charge in [0.2, 0.25) is 0 Å². The van der Waals surface area contributed by atoms with E-state index in [1.807, 2.05) is 54.6 Å². The van der Waals surface area contributed by atoms with E-state index in [9.17, 15) is 0 Å². The van der Waals surface area contributed by atoms with Gasteiger partial charge in [-0.3, -0.25) is 0 Å². The molecular formula is C72H43BrN4O3. The molecule has 0 aliphatic rings. The zero-order chi connectivity index (χ0) is 52.6. The molecule has 376 valence electrons. The van der Waals surface area contributed by atoms with Crippen molar-refractivity contribution in [3.63, 3.8) is 0 Å². The molecule has 7 aromatic heterocycles. The molecule has 0 spiro atoms. The Morgan fingerprint density at radius 1 is 0.275 bits per heavy atom. The molecule has 0 amide bonds. The van der Waals surface area contributed by atoms with Crippen LogP contribution in [0.25, 0.3) is 164 Å². The predicted molar refractivity (Wildman–Crippen MR) is 336 cm³/mol. The number of nitrogens with one attached hydrogen (secondary N) is 2. The standard InChI is InChI=1S/C42H24N2O2.C18H12N2.C12H7BrO/c1-5-13-34-27(9-1)32-21-22-36-41(42(32)44(34)26-18-20-31-29-11-4-8-16-38(29)46-40(31)24-26)33-12-2-6-14-35(33)43(36)25-17-19-30-28-10-3-7-15-37(28)45-39(30)23-25;1-3-7-14-11(5-1)12-9-10-16-17(18(12)20-14)13-6-2-4-8-15(13)19-16;13-8-5-6-10-9-3-1-2-4-11(9)14-12(10)7-8/h1-24H;1-10,19-20H;1-7H. The fourth-order valence-corrected chi connectivity index (χ4v) is 13.1. The van der Waals surface area contributed by atoms with Crippen LogP contribution in [0.1, 0.15) is 0 Å². The molecule has 12 aromatic carbocycles. The van der Waals surface area contributed by atoms with E-state index < -0.39 is 0 Å². The lowest BCUT2D eigenvalue weighted by atomic mass is 10.1. The highest BCUT2D eigenvalue weighted by Crippen LogP contribution is 2.44. The summed E-state index contributed by atoms with van der Waals surface area (Å²) in [6, 6.07) is 87.2. The Balaban J connectivity index is 0.000000122. The number of rotatable bonds is 2. The van der Waals surface area contributed by atoms with Gasteiger partial charge in [-0.2, -0.15) is 0 Å². The van der Waals surface area contributed by atoms with Gasteiger partial charge < -0.3 is 32.4 Å². The van der Waals surface area contributed by atoms with E-state index >= 15 is 0 Å².